The molecule has 1 amide bonds. The van der Waals surface area contributed by atoms with Gasteiger partial charge in [-0.15, -0.1) is 0 Å². The van der Waals surface area contributed by atoms with E-state index in [9.17, 15) is 24.6 Å². The van der Waals surface area contributed by atoms with Crippen LogP contribution >= 0.6 is 0 Å². The second kappa shape index (κ2) is 9.55. The lowest BCUT2D eigenvalue weighted by molar-refractivity contribution is -0.140. The van der Waals surface area contributed by atoms with Crippen LogP contribution in [0.15, 0.2) is 42.5 Å². The van der Waals surface area contributed by atoms with Gasteiger partial charge in [-0.3, -0.25) is 9.59 Å². The van der Waals surface area contributed by atoms with Gasteiger partial charge >= 0.3 is 5.97 Å². The number of ether oxygens (including phenoxy) is 1. The molecule has 0 heterocycles. The van der Waals surface area contributed by atoms with Crippen LogP contribution in [0.1, 0.15) is 46.5 Å². The number of benzene rings is 2. The van der Waals surface area contributed by atoms with Gasteiger partial charge in [0, 0.05) is 5.56 Å². The maximum atomic E-state index is 12.3. The number of carboxylic acid groups (broad SMARTS) is 1. The summed E-state index contributed by atoms with van der Waals surface area (Å²) in [5, 5.41) is 21.5. The molecule has 0 radical (unpaired) electrons. The molecule has 0 fully saturated rings. The van der Waals surface area contributed by atoms with Crippen LogP contribution in [-0.2, 0) is 11.4 Å². The van der Waals surface area contributed by atoms with Gasteiger partial charge in [-0.25, -0.2) is 4.79 Å². The van der Waals surface area contributed by atoms with Gasteiger partial charge in [0.2, 0.25) is 0 Å². The lowest BCUT2D eigenvalue weighted by atomic mass is 9.99. The summed E-state index contributed by atoms with van der Waals surface area (Å²) in [4.78, 5) is 34.7. The lowest BCUT2D eigenvalue weighted by Gasteiger charge is -2.20. The van der Waals surface area contributed by atoms with E-state index in [2.05, 4.69) is 5.32 Å². The number of nitrogens with one attached hydrogen (secondary N) is 1. The number of aliphatic carboxylic acids is 1. The predicted octanol–water partition coefficient (Wildman–Crippen LogP) is 3.01. The molecule has 1 unspecified atom stereocenters. The summed E-state index contributed by atoms with van der Waals surface area (Å²) in [5.74, 6) is -1.62. The van der Waals surface area contributed by atoms with Crippen molar-refractivity contribution in [2.24, 2.45) is 5.92 Å². The minimum absolute atomic E-state index is 0.0725. The highest BCUT2D eigenvalue weighted by atomic mass is 16.5. The van der Waals surface area contributed by atoms with E-state index in [1.807, 2.05) is 6.92 Å². The Hall–Kier alpha value is -3.35. The molecule has 0 aliphatic carbocycles. The molecule has 0 aromatic heterocycles. The fourth-order valence-electron chi connectivity index (χ4n) is 2.60. The molecule has 0 aliphatic heterocycles. The third-order valence-corrected chi connectivity index (χ3v) is 4.54. The summed E-state index contributed by atoms with van der Waals surface area (Å²) in [7, 11) is 0. The zero-order valence-corrected chi connectivity index (χ0v) is 15.7. The monoisotopic (exact) mass is 385 g/mol. The maximum absolute atomic E-state index is 12.3. The van der Waals surface area contributed by atoms with Gasteiger partial charge in [0.05, 0.1) is 5.56 Å². The summed E-state index contributed by atoms with van der Waals surface area (Å²) in [6, 6.07) is 10.1. The summed E-state index contributed by atoms with van der Waals surface area (Å²) < 4.78 is 5.57. The number of hydrogen-bond acceptors (Lipinski definition) is 5. The number of carbonyl (C=O) groups is 3. The fraction of sp³-hybridized carbons (Fsp3) is 0.286. The molecule has 0 spiro atoms. The van der Waals surface area contributed by atoms with Gasteiger partial charge in [-0.2, -0.15) is 0 Å². The quantitative estimate of drug-likeness (QED) is 0.572. The van der Waals surface area contributed by atoms with Crippen LogP contribution in [0.3, 0.4) is 0 Å². The molecule has 2 aromatic carbocycles. The van der Waals surface area contributed by atoms with Gasteiger partial charge < -0.3 is 20.3 Å². The number of rotatable bonds is 9. The highest BCUT2D eigenvalue weighted by molar-refractivity contribution is 5.96. The van der Waals surface area contributed by atoms with Crippen molar-refractivity contribution in [3.05, 3.63) is 59.2 Å². The van der Waals surface area contributed by atoms with Crippen molar-refractivity contribution in [3.63, 3.8) is 0 Å². The van der Waals surface area contributed by atoms with Crippen LogP contribution in [0, 0.1) is 5.92 Å². The zero-order chi connectivity index (χ0) is 20.7. The zero-order valence-electron chi connectivity index (χ0n) is 15.7. The SMILES string of the molecule is CCC(C)[C@H](NC(=O)c1ccc(COc2cccc(O)c2C=O)cc1)C(=O)O. The summed E-state index contributed by atoms with van der Waals surface area (Å²) in [6.07, 6.45) is 1.15. The van der Waals surface area contributed by atoms with E-state index in [4.69, 9.17) is 4.74 Å². The first-order chi connectivity index (χ1) is 13.4. The standard InChI is InChI=1S/C21H23NO6/c1-3-13(2)19(21(26)27)22-20(25)15-9-7-14(8-10-15)12-28-18-6-4-5-17(24)16(18)11-23/h4-11,13,19,24H,3,12H2,1-2H3,(H,22,25)(H,26,27)/t13?,19-/m0/s1. The lowest BCUT2D eigenvalue weighted by Crippen LogP contribution is -2.45. The molecule has 7 heteroatoms. The number of carboxylic acids is 1. The smallest absolute Gasteiger partial charge is 0.326 e. The number of hydrogen-bond donors (Lipinski definition) is 3. The average Bonchev–Trinajstić information content (AvgIpc) is 2.69. The van der Waals surface area contributed by atoms with Crippen molar-refractivity contribution < 1.29 is 29.3 Å². The van der Waals surface area contributed by atoms with E-state index in [-0.39, 0.29) is 29.6 Å². The molecule has 3 N–H and O–H groups in total. The van der Waals surface area contributed by atoms with Gasteiger partial charge in [0.25, 0.3) is 5.91 Å². The van der Waals surface area contributed by atoms with E-state index in [0.29, 0.717) is 18.3 Å². The maximum Gasteiger partial charge on any atom is 0.326 e. The molecule has 28 heavy (non-hydrogen) atoms. The Morgan fingerprint density at radius 3 is 2.43 bits per heavy atom. The third kappa shape index (κ3) is 5.09. The number of amides is 1. The first-order valence-corrected chi connectivity index (χ1v) is 8.89. The average molecular weight is 385 g/mol. The van der Waals surface area contributed by atoms with Crippen molar-refractivity contribution in [2.45, 2.75) is 32.9 Å². The number of phenols is 1. The Morgan fingerprint density at radius 1 is 1.18 bits per heavy atom. The topological polar surface area (TPSA) is 113 Å². The van der Waals surface area contributed by atoms with Crippen molar-refractivity contribution >= 4 is 18.2 Å². The minimum atomic E-state index is -1.06. The molecule has 0 saturated carbocycles. The van der Waals surface area contributed by atoms with Gasteiger partial charge in [-0.05, 0) is 35.7 Å². The van der Waals surface area contributed by atoms with Gasteiger partial charge in [0.1, 0.15) is 24.1 Å². The first kappa shape index (κ1) is 21.0. The number of aromatic hydroxyl groups is 1. The van der Waals surface area contributed by atoms with Crippen molar-refractivity contribution in [1.29, 1.82) is 0 Å². The Balaban J connectivity index is 2.03. The van der Waals surface area contributed by atoms with E-state index < -0.39 is 17.9 Å². The number of phenolic OH excluding ortho intramolecular Hbond substituents is 1. The molecule has 0 saturated heterocycles. The summed E-state index contributed by atoms with van der Waals surface area (Å²) in [6.45, 7) is 3.77. The van der Waals surface area contributed by atoms with Crippen LogP contribution in [0.2, 0.25) is 0 Å². The Morgan fingerprint density at radius 2 is 1.86 bits per heavy atom. The van der Waals surface area contributed by atoms with Crippen LogP contribution in [0.5, 0.6) is 11.5 Å². The molecule has 2 rings (SSSR count). The third-order valence-electron chi connectivity index (χ3n) is 4.54. The summed E-state index contributed by atoms with van der Waals surface area (Å²) in [5.41, 5.74) is 1.15. The molecule has 148 valence electrons. The van der Waals surface area contributed by atoms with Gasteiger partial charge in [0.15, 0.2) is 6.29 Å². The van der Waals surface area contributed by atoms with Crippen LogP contribution in [0.4, 0.5) is 0 Å². The normalized spacial score (nSPS) is 12.6. The summed E-state index contributed by atoms with van der Waals surface area (Å²) >= 11 is 0. The second-order valence-electron chi connectivity index (χ2n) is 6.47. The van der Waals surface area contributed by atoms with E-state index in [1.165, 1.54) is 6.07 Å². The van der Waals surface area contributed by atoms with Gasteiger partial charge in [-0.1, -0.05) is 38.5 Å². The highest BCUT2D eigenvalue weighted by Crippen LogP contribution is 2.26. The fourth-order valence-corrected chi connectivity index (χ4v) is 2.60. The Kier molecular flexibility index (Phi) is 7.14. The van der Waals surface area contributed by atoms with Crippen LogP contribution in [-0.4, -0.2) is 34.4 Å². The molecular formula is C21H23NO6. The number of aldehydes is 1. The second-order valence-corrected chi connectivity index (χ2v) is 6.47. The Bertz CT molecular complexity index is 846. The number of carbonyl (C=O) groups excluding carboxylic acids is 2. The van der Waals surface area contributed by atoms with E-state index in [1.54, 1.807) is 43.3 Å². The largest absolute Gasteiger partial charge is 0.507 e. The van der Waals surface area contributed by atoms with Crippen molar-refractivity contribution in [1.82, 2.24) is 5.32 Å². The molecule has 0 bridgehead atoms. The van der Waals surface area contributed by atoms with Crippen molar-refractivity contribution in [3.8, 4) is 11.5 Å². The van der Waals surface area contributed by atoms with E-state index in [0.717, 1.165) is 5.56 Å². The van der Waals surface area contributed by atoms with E-state index >= 15 is 0 Å². The van der Waals surface area contributed by atoms with Crippen LogP contribution in [0.25, 0.3) is 0 Å². The minimum Gasteiger partial charge on any atom is -0.507 e. The molecule has 2 aromatic rings. The predicted molar refractivity (Wildman–Crippen MR) is 103 cm³/mol. The first-order valence-electron chi connectivity index (χ1n) is 8.89. The van der Waals surface area contributed by atoms with Crippen LogP contribution < -0.4 is 10.1 Å². The molecular weight excluding hydrogens is 362 g/mol. The molecule has 7 nitrogen and oxygen atoms in total. The highest BCUT2D eigenvalue weighted by Gasteiger charge is 2.25. The Labute approximate surface area is 163 Å². The molecule has 2 atom stereocenters. The van der Waals surface area contributed by atoms with Crippen molar-refractivity contribution in [2.75, 3.05) is 0 Å². The molecule has 0 aliphatic rings.